The Morgan fingerprint density at radius 3 is 1.54 bits per heavy atom. The molecule has 0 aliphatic heterocycles. The van der Waals surface area contributed by atoms with Gasteiger partial charge in [0.1, 0.15) is 5.82 Å². The van der Waals surface area contributed by atoms with E-state index in [0.717, 1.165) is 0 Å². The highest BCUT2D eigenvalue weighted by molar-refractivity contribution is 7.80. The molecule has 0 radical (unpaired) electrons. The molecular weight excluding hydrogens is 235 g/mol. The van der Waals surface area contributed by atoms with Crippen molar-refractivity contribution >= 4 is 25.0 Å². The lowest BCUT2D eigenvalue weighted by atomic mass is 10.4. The van der Waals surface area contributed by atoms with Crippen molar-refractivity contribution in [1.29, 1.82) is 0 Å². The molecule has 0 heterocycles. The average molecular weight is 245 g/mol. The molecule has 7 heteroatoms. The van der Waals surface area contributed by atoms with Gasteiger partial charge in [0.05, 0.1) is 0 Å². The van der Waals surface area contributed by atoms with E-state index < -0.39 is 0 Å². The Bertz CT molecular complexity index is 177. The molecule has 0 N–H and O–H groups in total. The summed E-state index contributed by atoms with van der Waals surface area (Å²) in [6.45, 7) is 0. The van der Waals surface area contributed by atoms with Crippen LogP contribution in [0.1, 0.15) is 0 Å². The van der Waals surface area contributed by atoms with Crippen LogP contribution in [0.25, 0.3) is 0 Å². The standard InChI is InChI=1S/C6H5FS.ClH.4FH/c7-5-3-1-2-4-6(5)8;;;;;/h1-4,8H;5*1H. The number of thiol groups is 1. The third-order valence-electron chi connectivity index (χ3n) is 0.852. The van der Waals surface area contributed by atoms with Crippen molar-refractivity contribution in [3.63, 3.8) is 0 Å². The fraction of sp³-hybridized carbons (Fsp3) is 0. The quantitative estimate of drug-likeness (QED) is 0.526. The molecule has 0 amide bonds. The third kappa shape index (κ3) is 9.42. The predicted molar refractivity (Wildman–Crippen MR) is 50.9 cm³/mol. The number of benzene rings is 1. The van der Waals surface area contributed by atoms with Gasteiger partial charge >= 0.3 is 0 Å². The monoisotopic (exact) mass is 244 g/mol. The summed E-state index contributed by atoms with van der Waals surface area (Å²) in [6, 6.07) is 6.36. The van der Waals surface area contributed by atoms with Gasteiger partial charge < -0.3 is 0 Å². The van der Waals surface area contributed by atoms with Crippen LogP contribution in [0.4, 0.5) is 23.2 Å². The maximum absolute atomic E-state index is 12.2. The minimum atomic E-state index is -0.268. The second kappa shape index (κ2) is 14.1. The van der Waals surface area contributed by atoms with E-state index >= 15 is 0 Å². The number of halogens is 6. The van der Waals surface area contributed by atoms with Crippen molar-refractivity contribution in [1.82, 2.24) is 0 Å². The van der Waals surface area contributed by atoms with Gasteiger partial charge in [-0.25, -0.2) is 4.39 Å². The van der Waals surface area contributed by atoms with Crippen molar-refractivity contribution in [3.8, 4) is 0 Å². The van der Waals surface area contributed by atoms with Gasteiger partial charge in [0.15, 0.2) is 0 Å². The van der Waals surface area contributed by atoms with E-state index in [-0.39, 0.29) is 37.0 Å². The topological polar surface area (TPSA) is 0 Å². The van der Waals surface area contributed by atoms with Gasteiger partial charge in [-0.1, -0.05) is 12.1 Å². The molecule has 82 valence electrons. The molecule has 0 nitrogen and oxygen atoms in total. The average Bonchev–Trinajstić information content (AvgIpc) is 1.77. The molecule has 1 aromatic rings. The van der Waals surface area contributed by atoms with Gasteiger partial charge in [0.25, 0.3) is 0 Å². The Balaban J connectivity index is -0.0000000427. The molecule has 0 atom stereocenters. The van der Waals surface area contributed by atoms with Crippen LogP contribution in [0.3, 0.4) is 0 Å². The lowest BCUT2D eigenvalue weighted by molar-refractivity contribution is 0.602. The summed E-state index contributed by atoms with van der Waals surface area (Å²) in [7, 11) is 0. The zero-order chi connectivity index (χ0) is 5.98. The SMILES string of the molecule is Cl.F.F.F.F.Fc1ccccc1S. The minimum absolute atomic E-state index is 0. The van der Waals surface area contributed by atoms with Crippen LogP contribution in [-0.2, 0) is 0 Å². The molecule has 0 aliphatic rings. The van der Waals surface area contributed by atoms with E-state index in [2.05, 4.69) is 12.6 Å². The summed E-state index contributed by atoms with van der Waals surface area (Å²) < 4.78 is 12.2. The van der Waals surface area contributed by atoms with Crippen LogP contribution >= 0.6 is 25.0 Å². The molecule has 0 saturated carbocycles. The largest absolute Gasteiger partial charge is 0.269 e. The van der Waals surface area contributed by atoms with E-state index in [1.165, 1.54) is 6.07 Å². The molecule has 0 fully saturated rings. The highest BCUT2D eigenvalue weighted by Crippen LogP contribution is 2.08. The number of hydrogen-bond acceptors (Lipinski definition) is 1. The second-order valence-electron chi connectivity index (χ2n) is 1.45. The molecule has 0 aliphatic carbocycles. The van der Waals surface area contributed by atoms with Crippen LogP contribution < -0.4 is 0 Å². The summed E-state index contributed by atoms with van der Waals surface area (Å²) in [5, 5.41) is 0. The molecule has 0 bridgehead atoms. The predicted octanol–water partition coefficient (Wildman–Crippen LogP) is 3.15. The highest BCUT2D eigenvalue weighted by Gasteiger charge is 1.89. The smallest absolute Gasteiger partial charge is 0.136 e. The molecule has 0 spiro atoms. The Labute approximate surface area is 83.8 Å². The summed E-state index contributed by atoms with van der Waals surface area (Å²) in [6.07, 6.45) is 0. The van der Waals surface area contributed by atoms with Gasteiger partial charge in [0.2, 0.25) is 0 Å². The lowest BCUT2D eigenvalue weighted by Gasteiger charge is -1.88. The fourth-order valence-electron chi connectivity index (χ4n) is 0.452. The molecule has 1 aromatic carbocycles. The summed E-state index contributed by atoms with van der Waals surface area (Å²) in [4.78, 5) is 0.396. The van der Waals surface area contributed by atoms with Gasteiger partial charge in [0, 0.05) is 4.90 Å². The van der Waals surface area contributed by atoms with Crippen molar-refractivity contribution in [3.05, 3.63) is 30.1 Å². The Kier molecular flexibility index (Phi) is 31.8. The lowest BCUT2D eigenvalue weighted by Crippen LogP contribution is -1.71. The van der Waals surface area contributed by atoms with Gasteiger partial charge in [-0.05, 0) is 12.1 Å². The van der Waals surface area contributed by atoms with Crippen molar-refractivity contribution in [2.75, 3.05) is 0 Å². The number of hydrogen-bond donors (Lipinski definition) is 1. The van der Waals surface area contributed by atoms with E-state index in [1.807, 2.05) is 0 Å². The molecule has 1 rings (SSSR count). The molecule has 13 heavy (non-hydrogen) atoms. The highest BCUT2D eigenvalue weighted by atomic mass is 35.5. The maximum Gasteiger partial charge on any atom is 0.136 e. The maximum atomic E-state index is 12.2. The number of rotatable bonds is 0. The van der Waals surface area contributed by atoms with Crippen LogP contribution in [0, 0.1) is 5.82 Å². The van der Waals surface area contributed by atoms with Gasteiger partial charge in [-0.15, -0.1) is 25.0 Å². The van der Waals surface area contributed by atoms with Crippen molar-refractivity contribution < 1.29 is 23.2 Å². The fourth-order valence-corrected chi connectivity index (χ4v) is 0.612. The summed E-state index contributed by atoms with van der Waals surface area (Å²) in [5.41, 5.74) is 0. The van der Waals surface area contributed by atoms with Crippen molar-refractivity contribution in [2.24, 2.45) is 0 Å². The Hall–Kier alpha value is -0.490. The van der Waals surface area contributed by atoms with Gasteiger partial charge in [-0.2, -0.15) is 0 Å². The Morgan fingerprint density at radius 2 is 1.31 bits per heavy atom. The van der Waals surface area contributed by atoms with Crippen molar-refractivity contribution in [2.45, 2.75) is 4.90 Å². The van der Waals surface area contributed by atoms with E-state index in [1.54, 1.807) is 18.2 Å². The zero-order valence-corrected chi connectivity index (χ0v) is 7.89. The normalized spacial score (nSPS) is 5.69. The van der Waals surface area contributed by atoms with Crippen LogP contribution in [-0.4, -0.2) is 0 Å². The first-order valence-electron chi connectivity index (χ1n) is 2.24. The summed E-state index contributed by atoms with van der Waals surface area (Å²) >= 11 is 3.82. The van der Waals surface area contributed by atoms with E-state index in [4.69, 9.17) is 0 Å². The Morgan fingerprint density at radius 1 is 0.923 bits per heavy atom. The molecular formula is C6H10ClF5S. The molecule has 0 aromatic heterocycles. The van der Waals surface area contributed by atoms with E-state index in [0.29, 0.717) is 4.90 Å². The summed E-state index contributed by atoms with van der Waals surface area (Å²) in [5.74, 6) is -0.268. The van der Waals surface area contributed by atoms with Crippen LogP contribution in [0.2, 0.25) is 0 Å². The minimum Gasteiger partial charge on any atom is -0.269 e. The van der Waals surface area contributed by atoms with Crippen LogP contribution in [0.15, 0.2) is 29.2 Å². The first kappa shape index (κ1) is 29.4. The first-order valence-corrected chi connectivity index (χ1v) is 2.69. The van der Waals surface area contributed by atoms with E-state index in [9.17, 15) is 4.39 Å². The molecule has 0 saturated heterocycles. The van der Waals surface area contributed by atoms with Crippen LogP contribution in [0.5, 0.6) is 0 Å². The first-order chi connectivity index (χ1) is 3.80. The van der Waals surface area contributed by atoms with Gasteiger partial charge in [-0.3, -0.25) is 18.8 Å². The third-order valence-corrected chi connectivity index (χ3v) is 1.22. The molecule has 0 unspecified atom stereocenters. The zero-order valence-electron chi connectivity index (χ0n) is 6.18. The second-order valence-corrected chi connectivity index (χ2v) is 1.93.